The van der Waals surface area contributed by atoms with E-state index >= 15 is 0 Å². The summed E-state index contributed by atoms with van der Waals surface area (Å²) in [5.74, 6) is 0.0576. The van der Waals surface area contributed by atoms with Crippen LogP contribution in [0.5, 0.6) is 5.75 Å². The van der Waals surface area contributed by atoms with Crippen LogP contribution in [0.15, 0.2) is 28.2 Å². The zero-order valence-corrected chi connectivity index (χ0v) is 13.5. The summed E-state index contributed by atoms with van der Waals surface area (Å²) in [7, 11) is 1.53. The van der Waals surface area contributed by atoms with E-state index in [2.05, 4.69) is 21.2 Å². The summed E-state index contributed by atoms with van der Waals surface area (Å²) >= 11 is 3.31. The van der Waals surface area contributed by atoms with Crippen molar-refractivity contribution in [1.29, 1.82) is 10.5 Å². The van der Waals surface area contributed by atoms with E-state index in [0.717, 1.165) is 0 Å². The van der Waals surface area contributed by atoms with E-state index < -0.39 is 5.91 Å². The standard InChI is InChI=1S/C15H14BrN3O3/c1-21-7-5-19-15(20)12(10-18)8-11-2-3-14(13(16)9-11)22-6-4-17/h2-3,8-9H,5-7H2,1H3,(H,19,20)/b12-8+. The SMILES string of the molecule is COCCNC(=O)/C(C#N)=C/c1ccc(OCC#N)c(Br)c1. The van der Waals surface area contributed by atoms with E-state index in [9.17, 15) is 4.79 Å². The zero-order valence-electron chi connectivity index (χ0n) is 11.9. The Morgan fingerprint density at radius 3 is 2.82 bits per heavy atom. The van der Waals surface area contributed by atoms with Crippen LogP contribution >= 0.6 is 15.9 Å². The molecule has 0 spiro atoms. The van der Waals surface area contributed by atoms with Crippen LogP contribution in [0, 0.1) is 22.7 Å². The Hall–Kier alpha value is -2.35. The molecule has 0 aromatic heterocycles. The highest BCUT2D eigenvalue weighted by Gasteiger charge is 2.09. The molecule has 0 atom stereocenters. The number of rotatable bonds is 7. The fourth-order valence-corrected chi connectivity index (χ4v) is 2.02. The van der Waals surface area contributed by atoms with E-state index in [1.165, 1.54) is 13.2 Å². The minimum Gasteiger partial charge on any atom is -0.478 e. The Bertz CT molecular complexity index is 644. The number of benzene rings is 1. The van der Waals surface area contributed by atoms with Crippen LogP contribution < -0.4 is 10.1 Å². The number of halogens is 1. The van der Waals surface area contributed by atoms with Crippen molar-refractivity contribution in [1.82, 2.24) is 5.32 Å². The molecule has 1 amide bonds. The number of nitrogens with one attached hydrogen (secondary N) is 1. The highest BCUT2D eigenvalue weighted by atomic mass is 79.9. The molecule has 1 aromatic rings. The molecule has 0 heterocycles. The first-order valence-corrected chi connectivity index (χ1v) is 7.10. The summed E-state index contributed by atoms with van der Waals surface area (Å²) < 4.78 is 10.7. The van der Waals surface area contributed by atoms with Gasteiger partial charge in [0.2, 0.25) is 0 Å². The van der Waals surface area contributed by atoms with Crippen molar-refractivity contribution in [3.63, 3.8) is 0 Å². The number of nitriles is 2. The molecule has 1 aromatic carbocycles. The van der Waals surface area contributed by atoms with Gasteiger partial charge in [-0.3, -0.25) is 4.79 Å². The van der Waals surface area contributed by atoms with E-state index in [1.54, 1.807) is 18.2 Å². The highest BCUT2D eigenvalue weighted by Crippen LogP contribution is 2.26. The van der Waals surface area contributed by atoms with Crippen molar-refractivity contribution < 1.29 is 14.3 Å². The molecule has 114 valence electrons. The van der Waals surface area contributed by atoms with Crippen molar-refractivity contribution in [2.75, 3.05) is 26.9 Å². The number of amides is 1. The summed E-state index contributed by atoms with van der Waals surface area (Å²) in [4.78, 5) is 11.8. The number of ether oxygens (including phenoxy) is 2. The minimum atomic E-state index is -0.458. The van der Waals surface area contributed by atoms with E-state index in [-0.39, 0.29) is 12.2 Å². The average molecular weight is 364 g/mol. The first-order chi connectivity index (χ1) is 10.6. The topological polar surface area (TPSA) is 95.1 Å². The molecule has 6 nitrogen and oxygen atoms in total. The average Bonchev–Trinajstić information content (AvgIpc) is 2.51. The lowest BCUT2D eigenvalue weighted by Gasteiger charge is -2.06. The molecular formula is C15H14BrN3O3. The number of hydrogen-bond acceptors (Lipinski definition) is 5. The Morgan fingerprint density at radius 1 is 1.45 bits per heavy atom. The number of carbonyl (C=O) groups excluding carboxylic acids is 1. The monoisotopic (exact) mass is 363 g/mol. The van der Waals surface area contributed by atoms with Gasteiger partial charge in [-0.05, 0) is 39.7 Å². The number of methoxy groups -OCH3 is 1. The molecule has 0 radical (unpaired) electrons. The van der Waals surface area contributed by atoms with Gasteiger partial charge in [-0.1, -0.05) is 6.07 Å². The lowest BCUT2D eigenvalue weighted by atomic mass is 10.1. The summed E-state index contributed by atoms with van der Waals surface area (Å²) in [5, 5.41) is 20.1. The maximum absolute atomic E-state index is 11.8. The molecule has 0 saturated heterocycles. The number of hydrogen-bond donors (Lipinski definition) is 1. The van der Waals surface area contributed by atoms with Crippen LogP contribution in [-0.2, 0) is 9.53 Å². The van der Waals surface area contributed by atoms with Crippen LogP contribution in [0.4, 0.5) is 0 Å². The molecule has 0 aliphatic carbocycles. The smallest absolute Gasteiger partial charge is 0.262 e. The van der Waals surface area contributed by atoms with Gasteiger partial charge < -0.3 is 14.8 Å². The predicted octanol–water partition coefficient (Wildman–Crippen LogP) is 2.02. The fraction of sp³-hybridized carbons (Fsp3) is 0.267. The summed E-state index contributed by atoms with van der Waals surface area (Å²) in [6.07, 6.45) is 1.47. The number of carbonyl (C=O) groups is 1. The fourth-order valence-electron chi connectivity index (χ4n) is 1.51. The van der Waals surface area contributed by atoms with E-state index in [4.69, 9.17) is 20.0 Å². The molecule has 0 aliphatic heterocycles. The van der Waals surface area contributed by atoms with E-state index in [1.807, 2.05) is 12.1 Å². The molecule has 0 aliphatic rings. The molecule has 0 fully saturated rings. The second-order valence-electron chi connectivity index (χ2n) is 4.06. The Labute approximate surface area is 137 Å². The third kappa shape index (κ3) is 5.57. The lowest BCUT2D eigenvalue weighted by Crippen LogP contribution is -2.27. The lowest BCUT2D eigenvalue weighted by molar-refractivity contribution is -0.117. The largest absolute Gasteiger partial charge is 0.478 e. The quantitative estimate of drug-likeness (QED) is 0.454. The molecule has 1 N–H and O–H groups in total. The van der Waals surface area contributed by atoms with Crippen molar-refractivity contribution in [3.05, 3.63) is 33.8 Å². The van der Waals surface area contributed by atoms with Crippen molar-refractivity contribution >= 4 is 27.9 Å². The van der Waals surface area contributed by atoms with Crippen molar-refractivity contribution in [3.8, 4) is 17.9 Å². The summed E-state index contributed by atoms with van der Waals surface area (Å²) in [5.41, 5.74) is 0.656. The zero-order chi connectivity index (χ0) is 16.4. The van der Waals surface area contributed by atoms with Gasteiger partial charge in [0.15, 0.2) is 6.61 Å². The van der Waals surface area contributed by atoms with Gasteiger partial charge in [0.05, 0.1) is 11.1 Å². The van der Waals surface area contributed by atoms with Gasteiger partial charge in [0.1, 0.15) is 23.5 Å². The molecule has 0 bridgehead atoms. The summed E-state index contributed by atoms with van der Waals surface area (Å²) in [6, 6.07) is 8.79. The van der Waals surface area contributed by atoms with Gasteiger partial charge in [-0.25, -0.2) is 0 Å². The van der Waals surface area contributed by atoms with Gasteiger partial charge >= 0.3 is 0 Å². The molecule has 7 heteroatoms. The maximum atomic E-state index is 11.8. The van der Waals surface area contributed by atoms with Crippen LogP contribution in [-0.4, -0.2) is 32.8 Å². The highest BCUT2D eigenvalue weighted by molar-refractivity contribution is 9.10. The molecule has 22 heavy (non-hydrogen) atoms. The molecule has 0 saturated carbocycles. The molecule has 0 unspecified atom stereocenters. The predicted molar refractivity (Wildman–Crippen MR) is 83.7 cm³/mol. The third-order valence-electron chi connectivity index (χ3n) is 2.52. The third-order valence-corrected chi connectivity index (χ3v) is 3.14. The molecular weight excluding hydrogens is 350 g/mol. The minimum absolute atomic E-state index is 0.00584. The first-order valence-electron chi connectivity index (χ1n) is 6.30. The van der Waals surface area contributed by atoms with Crippen molar-refractivity contribution in [2.45, 2.75) is 0 Å². The molecule has 1 rings (SSSR count). The van der Waals surface area contributed by atoms with Gasteiger partial charge in [-0.2, -0.15) is 10.5 Å². The van der Waals surface area contributed by atoms with Gasteiger partial charge in [-0.15, -0.1) is 0 Å². The van der Waals surface area contributed by atoms with Gasteiger partial charge in [0.25, 0.3) is 5.91 Å². The van der Waals surface area contributed by atoms with Crippen LogP contribution in [0.3, 0.4) is 0 Å². The first kappa shape index (κ1) is 17.7. The Kier molecular flexibility index (Phi) is 7.69. The normalized spacial score (nSPS) is 10.5. The Morgan fingerprint density at radius 2 is 2.23 bits per heavy atom. The Balaban J connectivity index is 2.85. The van der Waals surface area contributed by atoms with Crippen molar-refractivity contribution in [2.24, 2.45) is 0 Å². The second kappa shape index (κ2) is 9.56. The summed E-state index contributed by atoms with van der Waals surface area (Å²) in [6.45, 7) is 0.652. The second-order valence-corrected chi connectivity index (χ2v) is 4.91. The number of nitrogens with zero attached hydrogens (tertiary/aromatic N) is 2. The van der Waals surface area contributed by atoms with Crippen LogP contribution in [0.25, 0.3) is 6.08 Å². The van der Waals surface area contributed by atoms with E-state index in [0.29, 0.717) is 28.9 Å². The van der Waals surface area contributed by atoms with Gasteiger partial charge in [0, 0.05) is 13.7 Å². The van der Waals surface area contributed by atoms with Crippen LogP contribution in [0.1, 0.15) is 5.56 Å². The van der Waals surface area contributed by atoms with Crippen LogP contribution in [0.2, 0.25) is 0 Å². The maximum Gasteiger partial charge on any atom is 0.262 e.